The number of hydrogen-bond donors (Lipinski definition) is 2. The van der Waals surface area contributed by atoms with Crippen LogP contribution < -0.4 is 15.5 Å². The van der Waals surface area contributed by atoms with Crippen molar-refractivity contribution in [3.05, 3.63) is 66.1 Å². The van der Waals surface area contributed by atoms with Gasteiger partial charge in [0.25, 0.3) is 0 Å². The predicted octanol–water partition coefficient (Wildman–Crippen LogP) is 3.04. The number of amides is 2. The number of urea groups is 1. The van der Waals surface area contributed by atoms with Crippen LogP contribution in [0.4, 0.5) is 10.5 Å². The van der Waals surface area contributed by atoms with Crippen molar-refractivity contribution in [2.45, 2.75) is 26.3 Å². The molecule has 0 unspecified atom stereocenters. The Morgan fingerprint density at radius 1 is 0.968 bits per heavy atom. The van der Waals surface area contributed by atoms with Gasteiger partial charge in [0, 0.05) is 50.3 Å². The number of benzene rings is 1. The Bertz CT molecular complexity index is 978. The van der Waals surface area contributed by atoms with E-state index < -0.39 is 0 Å². The zero-order valence-electron chi connectivity index (χ0n) is 18.3. The molecule has 1 aliphatic rings. The van der Waals surface area contributed by atoms with Gasteiger partial charge < -0.3 is 19.9 Å². The first-order valence-electron chi connectivity index (χ1n) is 11.2. The van der Waals surface area contributed by atoms with Crippen molar-refractivity contribution < 1.29 is 4.79 Å². The van der Waals surface area contributed by atoms with Crippen molar-refractivity contribution in [3.8, 4) is 0 Å². The maximum Gasteiger partial charge on any atom is 0.315 e. The van der Waals surface area contributed by atoms with Crippen molar-refractivity contribution in [2.24, 2.45) is 0 Å². The SMILES string of the molecule is Cc1cccc2nc(CNC(=O)NCCCCN3CCN(c4ccccc4)CC3)cn12. The summed E-state index contributed by atoms with van der Waals surface area (Å²) >= 11 is 0. The van der Waals surface area contributed by atoms with Crippen LogP contribution in [0.2, 0.25) is 0 Å². The van der Waals surface area contributed by atoms with Crippen LogP contribution >= 0.6 is 0 Å². The molecule has 2 N–H and O–H groups in total. The van der Waals surface area contributed by atoms with Crippen molar-refractivity contribution >= 4 is 17.4 Å². The molecule has 3 aromatic rings. The number of carbonyl (C=O) groups is 1. The third kappa shape index (κ3) is 5.76. The third-order valence-electron chi connectivity index (χ3n) is 5.86. The normalized spacial score (nSPS) is 14.7. The van der Waals surface area contributed by atoms with E-state index in [1.807, 2.05) is 35.7 Å². The number of anilines is 1. The van der Waals surface area contributed by atoms with Gasteiger partial charge in [0.05, 0.1) is 12.2 Å². The Morgan fingerprint density at radius 3 is 2.55 bits per heavy atom. The number of piperazine rings is 1. The summed E-state index contributed by atoms with van der Waals surface area (Å²) in [5.74, 6) is 0. The second-order valence-electron chi connectivity index (χ2n) is 8.11. The van der Waals surface area contributed by atoms with Gasteiger partial charge in [-0.15, -0.1) is 0 Å². The van der Waals surface area contributed by atoms with E-state index in [4.69, 9.17) is 0 Å². The number of rotatable bonds is 8. The zero-order valence-corrected chi connectivity index (χ0v) is 18.3. The van der Waals surface area contributed by atoms with Crippen LogP contribution in [0.15, 0.2) is 54.7 Å². The Kier molecular flexibility index (Phi) is 7.04. The number of hydrogen-bond acceptors (Lipinski definition) is 4. The smallest absolute Gasteiger partial charge is 0.315 e. The highest BCUT2D eigenvalue weighted by Gasteiger charge is 2.16. The second kappa shape index (κ2) is 10.3. The van der Waals surface area contributed by atoms with Gasteiger partial charge in [0.15, 0.2) is 0 Å². The first kappa shape index (κ1) is 21.2. The maximum atomic E-state index is 12.1. The molecule has 0 saturated carbocycles. The van der Waals surface area contributed by atoms with Crippen molar-refractivity contribution in [2.75, 3.05) is 44.2 Å². The minimum Gasteiger partial charge on any atom is -0.369 e. The summed E-state index contributed by atoms with van der Waals surface area (Å²) in [7, 11) is 0. The maximum absolute atomic E-state index is 12.1. The summed E-state index contributed by atoms with van der Waals surface area (Å²) in [4.78, 5) is 21.6. The van der Waals surface area contributed by atoms with Gasteiger partial charge in [-0.2, -0.15) is 0 Å². The minimum absolute atomic E-state index is 0.134. The number of aromatic nitrogens is 2. The zero-order chi connectivity index (χ0) is 21.5. The number of imidazole rings is 1. The van der Waals surface area contributed by atoms with Crippen LogP contribution in [0.5, 0.6) is 0 Å². The van der Waals surface area contributed by atoms with Gasteiger partial charge >= 0.3 is 6.03 Å². The molecular weight excluding hydrogens is 388 g/mol. The second-order valence-corrected chi connectivity index (χ2v) is 8.11. The summed E-state index contributed by atoms with van der Waals surface area (Å²) in [6.07, 6.45) is 4.06. The molecule has 3 heterocycles. The fourth-order valence-corrected chi connectivity index (χ4v) is 4.05. The summed E-state index contributed by atoms with van der Waals surface area (Å²) in [5.41, 5.74) is 4.21. The third-order valence-corrected chi connectivity index (χ3v) is 5.86. The lowest BCUT2D eigenvalue weighted by Crippen LogP contribution is -2.46. The summed E-state index contributed by atoms with van der Waals surface area (Å²) < 4.78 is 2.04. The first-order chi connectivity index (χ1) is 15.2. The number of para-hydroxylation sites is 1. The molecular formula is C24H32N6O. The topological polar surface area (TPSA) is 64.9 Å². The quantitative estimate of drug-likeness (QED) is 0.550. The number of aryl methyl sites for hydroxylation is 1. The Hall–Kier alpha value is -3.06. The molecule has 1 fully saturated rings. The van der Waals surface area contributed by atoms with Gasteiger partial charge in [-0.3, -0.25) is 4.90 Å². The van der Waals surface area contributed by atoms with E-state index in [9.17, 15) is 4.79 Å². The molecule has 4 rings (SSSR count). The number of unbranched alkanes of at least 4 members (excludes halogenated alkanes) is 1. The van der Waals surface area contributed by atoms with Crippen LogP contribution in [0, 0.1) is 6.92 Å². The highest BCUT2D eigenvalue weighted by molar-refractivity contribution is 5.73. The fraction of sp³-hybridized carbons (Fsp3) is 0.417. The number of fused-ring (bicyclic) bond motifs is 1. The molecule has 0 spiro atoms. The average molecular weight is 421 g/mol. The van der Waals surface area contributed by atoms with Crippen LogP contribution in [-0.4, -0.2) is 59.6 Å². The molecule has 0 bridgehead atoms. The van der Waals surface area contributed by atoms with E-state index in [-0.39, 0.29) is 6.03 Å². The van der Waals surface area contributed by atoms with Crippen molar-refractivity contribution in [3.63, 3.8) is 0 Å². The number of pyridine rings is 1. The lowest BCUT2D eigenvalue weighted by Gasteiger charge is -2.36. The highest BCUT2D eigenvalue weighted by atomic mass is 16.2. The van der Waals surface area contributed by atoms with E-state index in [1.54, 1.807) is 0 Å². The molecule has 1 aliphatic heterocycles. The summed E-state index contributed by atoms with van der Waals surface area (Å²) in [6.45, 7) is 8.61. The van der Waals surface area contributed by atoms with E-state index in [0.29, 0.717) is 13.1 Å². The largest absolute Gasteiger partial charge is 0.369 e. The van der Waals surface area contributed by atoms with Crippen molar-refractivity contribution in [1.29, 1.82) is 0 Å². The lowest BCUT2D eigenvalue weighted by molar-refractivity contribution is 0.238. The molecule has 0 radical (unpaired) electrons. The molecule has 2 amide bonds. The first-order valence-corrected chi connectivity index (χ1v) is 11.2. The fourth-order valence-electron chi connectivity index (χ4n) is 4.05. The van der Waals surface area contributed by atoms with Gasteiger partial charge in [-0.05, 0) is 50.6 Å². The molecule has 0 atom stereocenters. The minimum atomic E-state index is -0.134. The van der Waals surface area contributed by atoms with Gasteiger partial charge in [-0.25, -0.2) is 9.78 Å². The van der Waals surface area contributed by atoms with Crippen molar-refractivity contribution in [1.82, 2.24) is 24.9 Å². The van der Waals surface area contributed by atoms with E-state index in [1.165, 1.54) is 5.69 Å². The monoisotopic (exact) mass is 420 g/mol. The van der Waals surface area contributed by atoms with Crippen LogP contribution in [0.1, 0.15) is 24.2 Å². The average Bonchev–Trinajstić information content (AvgIpc) is 3.23. The number of nitrogens with one attached hydrogen (secondary N) is 2. The van der Waals surface area contributed by atoms with Crippen LogP contribution in [0.3, 0.4) is 0 Å². The molecule has 1 aromatic carbocycles. The molecule has 7 heteroatoms. The molecule has 1 saturated heterocycles. The molecule has 31 heavy (non-hydrogen) atoms. The summed E-state index contributed by atoms with van der Waals surface area (Å²) in [6, 6.07) is 16.5. The number of carbonyl (C=O) groups excluding carboxylic acids is 1. The molecule has 2 aromatic heterocycles. The van der Waals surface area contributed by atoms with E-state index in [2.05, 4.69) is 55.7 Å². The van der Waals surface area contributed by atoms with Gasteiger partial charge in [-0.1, -0.05) is 24.3 Å². The molecule has 164 valence electrons. The summed E-state index contributed by atoms with van der Waals surface area (Å²) in [5, 5.41) is 5.85. The lowest BCUT2D eigenvalue weighted by atomic mass is 10.2. The Labute approximate surface area is 184 Å². The Morgan fingerprint density at radius 2 is 1.77 bits per heavy atom. The standard InChI is InChI=1S/C24H32N6O/c1-20-8-7-11-23-27-21(19-30(20)23)18-26-24(31)25-12-5-6-13-28-14-16-29(17-15-28)22-9-3-2-4-10-22/h2-4,7-11,19H,5-6,12-18H2,1H3,(H2,25,26,31). The highest BCUT2D eigenvalue weighted by Crippen LogP contribution is 2.15. The molecule has 0 aliphatic carbocycles. The van der Waals surface area contributed by atoms with Gasteiger partial charge in [0.1, 0.15) is 5.65 Å². The van der Waals surface area contributed by atoms with Gasteiger partial charge in [0.2, 0.25) is 0 Å². The predicted molar refractivity (Wildman–Crippen MR) is 124 cm³/mol. The molecule has 7 nitrogen and oxygen atoms in total. The Balaban J connectivity index is 1.08. The van der Waals surface area contributed by atoms with Crippen LogP contribution in [-0.2, 0) is 6.54 Å². The van der Waals surface area contributed by atoms with E-state index >= 15 is 0 Å². The van der Waals surface area contributed by atoms with E-state index in [0.717, 1.165) is 62.6 Å². The van der Waals surface area contributed by atoms with Crippen LogP contribution in [0.25, 0.3) is 5.65 Å². The number of nitrogens with zero attached hydrogens (tertiary/aromatic N) is 4.